The summed E-state index contributed by atoms with van der Waals surface area (Å²) >= 11 is 1.75. The van der Waals surface area contributed by atoms with Crippen molar-refractivity contribution in [3.8, 4) is 0 Å². The van der Waals surface area contributed by atoms with Gasteiger partial charge in [0.1, 0.15) is 0 Å². The van der Waals surface area contributed by atoms with Gasteiger partial charge in [-0.25, -0.2) is 0 Å². The monoisotopic (exact) mass is 218 g/mol. The van der Waals surface area contributed by atoms with Crippen molar-refractivity contribution in [2.24, 2.45) is 10.9 Å². The highest BCUT2D eigenvalue weighted by atomic mass is 32.2. The lowest BCUT2D eigenvalue weighted by Gasteiger charge is -2.19. The van der Waals surface area contributed by atoms with Crippen LogP contribution in [-0.4, -0.2) is 34.3 Å². The van der Waals surface area contributed by atoms with Crippen LogP contribution in [0, 0.1) is 0 Å². The van der Waals surface area contributed by atoms with Crippen LogP contribution in [0.5, 0.6) is 0 Å². The van der Waals surface area contributed by atoms with Crippen molar-refractivity contribution in [1.82, 2.24) is 0 Å². The number of ether oxygens (including phenoxy) is 1. The molecule has 82 valence electrons. The molecular weight excluding hydrogens is 200 g/mol. The minimum Gasteiger partial charge on any atom is -0.409 e. The molecule has 0 radical (unpaired) electrons. The topological polar surface area (TPSA) is 67.8 Å². The van der Waals surface area contributed by atoms with Crippen molar-refractivity contribution in [3.05, 3.63) is 0 Å². The van der Waals surface area contributed by atoms with Gasteiger partial charge in [0.05, 0.1) is 11.4 Å². The summed E-state index contributed by atoms with van der Waals surface area (Å²) in [5.41, 5.74) is 5.59. The minimum absolute atomic E-state index is 0.106. The molecule has 1 aliphatic rings. The Morgan fingerprint density at radius 1 is 1.79 bits per heavy atom. The molecule has 0 bridgehead atoms. The molecule has 5 heteroatoms. The van der Waals surface area contributed by atoms with Gasteiger partial charge in [0.2, 0.25) is 0 Å². The Kier molecular flexibility index (Phi) is 4.54. The molecule has 1 heterocycles. The summed E-state index contributed by atoms with van der Waals surface area (Å²) in [5.74, 6) is 0.316. The Morgan fingerprint density at radius 2 is 2.50 bits per heavy atom. The third kappa shape index (κ3) is 2.78. The van der Waals surface area contributed by atoms with E-state index in [-0.39, 0.29) is 11.4 Å². The maximum absolute atomic E-state index is 8.59. The first-order valence-electron chi connectivity index (χ1n) is 4.93. The Bertz CT molecular complexity index is 211. The number of hydrogen-bond donors (Lipinski definition) is 2. The third-order valence-corrected chi connectivity index (χ3v) is 4.33. The highest BCUT2D eigenvalue weighted by Gasteiger charge is 2.28. The number of oxime groups is 1. The number of nitrogens with two attached hydrogens (primary N) is 1. The molecule has 3 unspecified atom stereocenters. The van der Waals surface area contributed by atoms with E-state index in [0.29, 0.717) is 11.1 Å². The first-order valence-corrected chi connectivity index (χ1v) is 5.87. The molecule has 3 atom stereocenters. The predicted octanol–water partition coefficient (Wildman–Crippen LogP) is 1.42. The molecule has 0 aromatic heterocycles. The quantitative estimate of drug-likeness (QED) is 0.324. The van der Waals surface area contributed by atoms with Crippen molar-refractivity contribution >= 4 is 17.6 Å². The van der Waals surface area contributed by atoms with Crippen molar-refractivity contribution in [3.63, 3.8) is 0 Å². The number of rotatable bonds is 4. The smallest absolute Gasteiger partial charge is 0.152 e. The van der Waals surface area contributed by atoms with Crippen LogP contribution in [0.2, 0.25) is 0 Å². The molecule has 4 nitrogen and oxygen atoms in total. The average Bonchev–Trinajstić information content (AvgIpc) is 2.59. The van der Waals surface area contributed by atoms with Gasteiger partial charge in [-0.05, 0) is 19.8 Å². The molecule has 0 aromatic carbocycles. The SMILES string of the molecule is CCC(SC1CCOC1C)C(N)=NO. The fraction of sp³-hybridized carbons (Fsp3) is 0.889. The lowest BCUT2D eigenvalue weighted by atomic mass is 10.2. The van der Waals surface area contributed by atoms with Crippen molar-refractivity contribution in [2.75, 3.05) is 6.61 Å². The summed E-state index contributed by atoms with van der Waals surface area (Å²) in [6, 6.07) is 0. The summed E-state index contributed by atoms with van der Waals surface area (Å²) < 4.78 is 5.46. The molecule has 0 aromatic rings. The number of nitrogens with zero attached hydrogens (tertiary/aromatic N) is 1. The van der Waals surface area contributed by atoms with Crippen molar-refractivity contribution in [2.45, 2.75) is 43.3 Å². The van der Waals surface area contributed by atoms with Crippen LogP contribution in [0.3, 0.4) is 0 Å². The summed E-state index contributed by atoms with van der Waals surface area (Å²) in [7, 11) is 0. The summed E-state index contributed by atoms with van der Waals surface area (Å²) in [5, 5.41) is 12.2. The van der Waals surface area contributed by atoms with Gasteiger partial charge in [-0.1, -0.05) is 12.1 Å². The van der Waals surface area contributed by atoms with E-state index in [2.05, 4.69) is 12.1 Å². The standard InChI is InChI=1S/C9H18N2O2S/c1-3-7(9(10)11-12)14-8-4-5-13-6(8)2/h6-8,12H,3-5H2,1-2H3,(H2,10,11). The number of amidine groups is 1. The van der Waals surface area contributed by atoms with Crippen molar-refractivity contribution < 1.29 is 9.94 Å². The highest BCUT2D eigenvalue weighted by molar-refractivity contribution is 8.01. The highest BCUT2D eigenvalue weighted by Crippen LogP contribution is 2.30. The molecule has 1 fully saturated rings. The van der Waals surface area contributed by atoms with E-state index in [1.54, 1.807) is 11.8 Å². The molecule has 1 aliphatic heterocycles. The van der Waals surface area contributed by atoms with E-state index in [9.17, 15) is 0 Å². The molecule has 0 spiro atoms. The first-order chi connectivity index (χ1) is 6.69. The second-order valence-electron chi connectivity index (χ2n) is 3.46. The zero-order valence-corrected chi connectivity index (χ0v) is 9.46. The Balaban J connectivity index is 2.47. The van der Waals surface area contributed by atoms with Crippen LogP contribution < -0.4 is 5.73 Å². The van der Waals surface area contributed by atoms with E-state index in [4.69, 9.17) is 15.7 Å². The molecule has 3 N–H and O–H groups in total. The molecule has 1 rings (SSSR count). The largest absolute Gasteiger partial charge is 0.409 e. The van der Waals surface area contributed by atoms with Crippen LogP contribution in [0.15, 0.2) is 5.16 Å². The molecule has 0 amide bonds. The van der Waals surface area contributed by atoms with Gasteiger partial charge in [-0.2, -0.15) is 0 Å². The molecular formula is C9H18N2O2S. The van der Waals surface area contributed by atoms with Gasteiger partial charge < -0.3 is 15.7 Å². The average molecular weight is 218 g/mol. The fourth-order valence-electron chi connectivity index (χ4n) is 1.54. The van der Waals surface area contributed by atoms with Crippen LogP contribution in [0.1, 0.15) is 26.7 Å². The van der Waals surface area contributed by atoms with E-state index >= 15 is 0 Å². The lowest BCUT2D eigenvalue weighted by molar-refractivity contribution is 0.127. The first kappa shape index (κ1) is 11.7. The van der Waals surface area contributed by atoms with E-state index in [0.717, 1.165) is 19.4 Å². The third-order valence-electron chi connectivity index (χ3n) is 2.46. The normalized spacial score (nSPS) is 30.6. The predicted molar refractivity (Wildman–Crippen MR) is 58.9 cm³/mol. The zero-order chi connectivity index (χ0) is 10.6. The van der Waals surface area contributed by atoms with Gasteiger partial charge in [-0.15, -0.1) is 11.8 Å². The molecule has 1 saturated heterocycles. The Labute approximate surface area is 88.9 Å². The van der Waals surface area contributed by atoms with Crippen LogP contribution >= 0.6 is 11.8 Å². The second kappa shape index (κ2) is 5.46. The summed E-state index contributed by atoms with van der Waals surface area (Å²) in [6.07, 6.45) is 2.21. The summed E-state index contributed by atoms with van der Waals surface area (Å²) in [4.78, 5) is 0. The van der Waals surface area contributed by atoms with Gasteiger partial charge in [0.25, 0.3) is 0 Å². The van der Waals surface area contributed by atoms with Crippen LogP contribution in [-0.2, 0) is 4.74 Å². The maximum Gasteiger partial charge on any atom is 0.152 e. The van der Waals surface area contributed by atoms with Gasteiger partial charge >= 0.3 is 0 Å². The maximum atomic E-state index is 8.59. The molecule has 0 saturated carbocycles. The fourth-order valence-corrected chi connectivity index (χ4v) is 2.87. The lowest BCUT2D eigenvalue weighted by Crippen LogP contribution is -2.29. The van der Waals surface area contributed by atoms with Crippen LogP contribution in [0.4, 0.5) is 0 Å². The van der Waals surface area contributed by atoms with Crippen molar-refractivity contribution in [1.29, 1.82) is 0 Å². The molecule has 14 heavy (non-hydrogen) atoms. The number of thioether (sulfide) groups is 1. The second-order valence-corrected chi connectivity index (χ2v) is 4.91. The Hall–Kier alpha value is -0.420. The van der Waals surface area contributed by atoms with Gasteiger partial charge in [0, 0.05) is 11.9 Å². The van der Waals surface area contributed by atoms with E-state index in [1.165, 1.54) is 0 Å². The zero-order valence-electron chi connectivity index (χ0n) is 8.64. The summed E-state index contributed by atoms with van der Waals surface area (Å²) in [6.45, 7) is 4.94. The number of hydrogen-bond acceptors (Lipinski definition) is 4. The Morgan fingerprint density at radius 3 is 2.93 bits per heavy atom. The van der Waals surface area contributed by atoms with Gasteiger partial charge in [0.15, 0.2) is 5.84 Å². The van der Waals surface area contributed by atoms with E-state index in [1.807, 2.05) is 6.92 Å². The van der Waals surface area contributed by atoms with E-state index < -0.39 is 0 Å². The van der Waals surface area contributed by atoms with Gasteiger partial charge in [-0.3, -0.25) is 0 Å². The minimum atomic E-state index is 0.106. The molecule has 0 aliphatic carbocycles. The van der Waals surface area contributed by atoms with Crippen LogP contribution in [0.25, 0.3) is 0 Å².